The second kappa shape index (κ2) is 3.05. The number of rotatable bonds is 2. The van der Waals surface area contributed by atoms with Gasteiger partial charge >= 0.3 is 0 Å². The Hall–Kier alpha value is 0. The van der Waals surface area contributed by atoms with E-state index in [1.165, 1.54) is 25.7 Å². The highest BCUT2D eigenvalue weighted by Crippen LogP contribution is 2.47. The molecular formula is C12H24. The first-order chi connectivity index (χ1) is 5.31. The zero-order valence-corrected chi connectivity index (χ0v) is 9.41. The highest BCUT2D eigenvalue weighted by atomic mass is 14.4. The minimum absolute atomic E-state index is 0.499. The van der Waals surface area contributed by atoms with Crippen LogP contribution in [-0.2, 0) is 0 Å². The molecule has 0 heterocycles. The topological polar surface area (TPSA) is 0 Å². The summed E-state index contributed by atoms with van der Waals surface area (Å²) in [5.41, 5.74) is 1.08. The number of hydrogen-bond donors (Lipinski definition) is 0. The Balaban J connectivity index is 2.47. The zero-order valence-electron chi connectivity index (χ0n) is 9.41. The van der Waals surface area contributed by atoms with Crippen LogP contribution >= 0.6 is 0 Å². The molecule has 1 saturated carbocycles. The van der Waals surface area contributed by atoms with E-state index in [-0.39, 0.29) is 0 Å². The van der Waals surface area contributed by atoms with Gasteiger partial charge in [-0.1, -0.05) is 41.0 Å². The molecule has 0 aromatic carbocycles. The van der Waals surface area contributed by atoms with E-state index in [1.54, 1.807) is 0 Å². The van der Waals surface area contributed by atoms with Crippen molar-refractivity contribution in [3.63, 3.8) is 0 Å². The number of hydrogen-bond acceptors (Lipinski definition) is 0. The predicted molar refractivity (Wildman–Crippen MR) is 55.2 cm³/mol. The van der Waals surface area contributed by atoms with Crippen LogP contribution in [0.4, 0.5) is 0 Å². The SMILES string of the molecule is CC(C)(C)CC(C)(C)C1CCC1. The summed E-state index contributed by atoms with van der Waals surface area (Å²) in [6, 6.07) is 0. The largest absolute Gasteiger partial charge is 0.0602 e. The van der Waals surface area contributed by atoms with Crippen LogP contribution in [0.1, 0.15) is 60.3 Å². The van der Waals surface area contributed by atoms with Crippen LogP contribution < -0.4 is 0 Å². The van der Waals surface area contributed by atoms with E-state index in [1.807, 2.05) is 0 Å². The normalized spacial score (nSPS) is 20.8. The Bertz CT molecular complexity index is 144. The third-order valence-electron chi connectivity index (χ3n) is 3.20. The second-order valence-corrected chi connectivity index (χ2v) is 6.35. The van der Waals surface area contributed by atoms with Crippen LogP contribution in [0.15, 0.2) is 0 Å². The second-order valence-electron chi connectivity index (χ2n) is 6.35. The van der Waals surface area contributed by atoms with Crippen molar-refractivity contribution in [3.8, 4) is 0 Å². The molecule has 1 aliphatic rings. The van der Waals surface area contributed by atoms with Gasteiger partial charge in [0.1, 0.15) is 0 Å². The van der Waals surface area contributed by atoms with Crippen molar-refractivity contribution < 1.29 is 0 Å². The van der Waals surface area contributed by atoms with Gasteiger partial charge in [-0.25, -0.2) is 0 Å². The van der Waals surface area contributed by atoms with Crippen LogP contribution in [0.2, 0.25) is 0 Å². The summed E-state index contributed by atoms with van der Waals surface area (Å²) < 4.78 is 0. The lowest BCUT2D eigenvalue weighted by Crippen LogP contribution is -2.33. The first kappa shape index (κ1) is 10.1. The summed E-state index contributed by atoms with van der Waals surface area (Å²) in [6.07, 6.45) is 5.79. The lowest BCUT2D eigenvalue weighted by Gasteiger charge is -2.44. The van der Waals surface area contributed by atoms with Crippen LogP contribution in [0.5, 0.6) is 0 Å². The van der Waals surface area contributed by atoms with Gasteiger partial charge in [-0.2, -0.15) is 0 Å². The Morgan fingerprint density at radius 1 is 1.00 bits per heavy atom. The van der Waals surface area contributed by atoms with E-state index in [4.69, 9.17) is 0 Å². The van der Waals surface area contributed by atoms with Gasteiger partial charge in [0.15, 0.2) is 0 Å². The third kappa shape index (κ3) is 2.50. The van der Waals surface area contributed by atoms with Gasteiger partial charge in [-0.15, -0.1) is 0 Å². The summed E-state index contributed by atoms with van der Waals surface area (Å²) in [4.78, 5) is 0. The molecule has 0 nitrogen and oxygen atoms in total. The highest BCUT2D eigenvalue weighted by Gasteiger charge is 2.36. The molecule has 0 bridgehead atoms. The molecule has 0 N–H and O–H groups in total. The van der Waals surface area contributed by atoms with Gasteiger partial charge in [0, 0.05) is 0 Å². The van der Waals surface area contributed by atoms with Crippen molar-refractivity contribution in [2.75, 3.05) is 0 Å². The van der Waals surface area contributed by atoms with E-state index in [0.717, 1.165) is 5.92 Å². The molecule has 0 saturated heterocycles. The Kier molecular flexibility index (Phi) is 2.56. The minimum atomic E-state index is 0.499. The van der Waals surface area contributed by atoms with E-state index in [2.05, 4.69) is 34.6 Å². The molecule has 0 heteroatoms. The fourth-order valence-corrected chi connectivity index (χ4v) is 2.70. The first-order valence-corrected chi connectivity index (χ1v) is 5.31. The summed E-state index contributed by atoms with van der Waals surface area (Å²) in [5.74, 6) is 1.01. The fraction of sp³-hybridized carbons (Fsp3) is 1.00. The lowest BCUT2D eigenvalue weighted by molar-refractivity contribution is 0.0724. The van der Waals surface area contributed by atoms with Crippen molar-refractivity contribution in [2.24, 2.45) is 16.7 Å². The summed E-state index contributed by atoms with van der Waals surface area (Å²) >= 11 is 0. The molecule has 12 heavy (non-hydrogen) atoms. The molecule has 0 unspecified atom stereocenters. The summed E-state index contributed by atoms with van der Waals surface area (Å²) in [7, 11) is 0. The van der Waals surface area contributed by atoms with E-state index < -0.39 is 0 Å². The molecule has 1 aliphatic carbocycles. The molecule has 0 aliphatic heterocycles. The highest BCUT2D eigenvalue weighted by molar-refractivity contribution is 4.87. The van der Waals surface area contributed by atoms with Crippen molar-refractivity contribution in [1.29, 1.82) is 0 Å². The third-order valence-corrected chi connectivity index (χ3v) is 3.20. The van der Waals surface area contributed by atoms with Crippen LogP contribution in [0.3, 0.4) is 0 Å². The van der Waals surface area contributed by atoms with Crippen molar-refractivity contribution in [2.45, 2.75) is 60.3 Å². The van der Waals surface area contributed by atoms with Gasteiger partial charge in [-0.3, -0.25) is 0 Å². The van der Waals surface area contributed by atoms with Gasteiger partial charge in [0.05, 0.1) is 0 Å². The van der Waals surface area contributed by atoms with Gasteiger partial charge in [0.25, 0.3) is 0 Å². The molecule has 0 spiro atoms. The van der Waals surface area contributed by atoms with Gasteiger partial charge in [-0.05, 0) is 36.0 Å². The van der Waals surface area contributed by atoms with Crippen molar-refractivity contribution in [1.82, 2.24) is 0 Å². The minimum Gasteiger partial charge on any atom is -0.0602 e. The fourth-order valence-electron chi connectivity index (χ4n) is 2.70. The lowest BCUT2D eigenvalue weighted by atomic mass is 9.62. The van der Waals surface area contributed by atoms with Crippen LogP contribution in [0.25, 0.3) is 0 Å². The molecule has 72 valence electrons. The smallest absolute Gasteiger partial charge is 0.0321 e. The molecule has 1 fully saturated rings. The average molecular weight is 168 g/mol. The van der Waals surface area contributed by atoms with E-state index in [0.29, 0.717) is 10.8 Å². The molecule has 0 aromatic rings. The molecule has 0 radical (unpaired) electrons. The Morgan fingerprint density at radius 3 is 1.75 bits per heavy atom. The molecule has 1 rings (SSSR count). The molecule has 0 atom stereocenters. The maximum Gasteiger partial charge on any atom is -0.0321 e. The van der Waals surface area contributed by atoms with Crippen molar-refractivity contribution in [3.05, 3.63) is 0 Å². The first-order valence-electron chi connectivity index (χ1n) is 5.31. The van der Waals surface area contributed by atoms with Crippen molar-refractivity contribution >= 4 is 0 Å². The summed E-state index contributed by atoms with van der Waals surface area (Å²) in [5, 5.41) is 0. The summed E-state index contributed by atoms with van der Waals surface area (Å²) in [6.45, 7) is 12.0. The Morgan fingerprint density at radius 2 is 1.50 bits per heavy atom. The zero-order chi connectivity index (χ0) is 9.41. The monoisotopic (exact) mass is 168 g/mol. The Labute approximate surface area is 77.7 Å². The van der Waals surface area contributed by atoms with Gasteiger partial charge in [0.2, 0.25) is 0 Å². The van der Waals surface area contributed by atoms with E-state index >= 15 is 0 Å². The quantitative estimate of drug-likeness (QED) is 0.578. The average Bonchev–Trinajstić information content (AvgIpc) is 1.45. The maximum atomic E-state index is 2.45. The predicted octanol–water partition coefficient (Wildman–Crippen LogP) is 4.25. The van der Waals surface area contributed by atoms with Crippen LogP contribution in [0, 0.1) is 16.7 Å². The molecule has 0 aromatic heterocycles. The molecule has 0 amide bonds. The maximum absolute atomic E-state index is 2.45. The standard InChI is InChI=1S/C12H24/c1-11(2,3)9-12(4,5)10-7-6-8-10/h10H,6-9H2,1-5H3. The molecular weight excluding hydrogens is 144 g/mol. The van der Waals surface area contributed by atoms with Crippen LogP contribution in [-0.4, -0.2) is 0 Å². The van der Waals surface area contributed by atoms with Gasteiger partial charge < -0.3 is 0 Å². The van der Waals surface area contributed by atoms with E-state index in [9.17, 15) is 0 Å².